The number of ether oxygens (including phenoxy) is 2. The molecule has 0 fully saturated rings. The second kappa shape index (κ2) is 4.47. The normalized spacial score (nSPS) is 17.9. The molecule has 98 valence electrons. The fourth-order valence-electron chi connectivity index (χ4n) is 3.23. The summed E-state index contributed by atoms with van der Waals surface area (Å²) < 4.78 is 11.7. The maximum atomic E-state index is 9.61. The Labute approximate surface area is 108 Å². The van der Waals surface area contributed by atoms with E-state index in [1.807, 2.05) is 0 Å². The highest BCUT2D eigenvalue weighted by atomic mass is 16.5. The highest BCUT2D eigenvalue weighted by Crippen LogP contribution is 2.47. The average Bonchev–Trinajstić information content (AvgIpc) is 3.03. The molecule has 0 bridgehead atoms. The van der Waals surface area contributed by atoms with Crippen molar-refractivity contribution in [2.45, 2.75) is 39.0 Å². The summed E-state index contributed by atoms with van der Waals surface area (Å²) in [6.45, 7) is 5.94. The van der Waals surface area contributed by atoms with E-state index in [0.29, 0.717) is 0 Å². The SMILES string of the molecule is CCC(CO)c1c2c(c(C)c3c1OCC3)OCC2. The van der Waals surface area contributed by atoms with Gasteiger partial charge in [0.1, 0.15) is 11.5 Å². The van der Waals surface area contributed by atoms with Gasteiger partial charge in [-0.2, -0.15) is 0 Å². The van der Waals surface area contributed by atoms with Crippen molar-refractivity contribution in [2.75, 3.05) is 19.8 Å². The standard InChI is InChI=1S/C15H20O3/c1-3-10(8-16)13-12-5-7-17-14(12)9(2)11-4-6-18-15(11)13/h10,16H,3-8H2,1-2H3. The number of hydrogen-bond donors (Lipinski definition) is 1. The summed E-state index contributed by atoms with van der Waals surface area (Å²) in [5.41, 5.74) is 5.02. The minimum atomic E-state index is 0.174. The predicted molar refractivity (Wildman–Crippen MR) is 69.7 cm³/mol. The number of aliphatic hydroxyl groups excluding tert-OH is 1. The van der Waals surface area contributed by atoms with E-state index >= 15 is 0 Å². The molecule has 18 heavy (non-hydrogen) atoms. The van der Waals surface area contributed by atoms with E-state index in [0.717, 1.165) is 44.0 Å². The molecule has 0 saturated carbocycles. The van der Waals surface area contributed by atoms with Gasteiger partial charge >= 0.3 is 0 Å². The van der Waals surface area contributed by atoms with Gasteiger partial charge in [-0.1, -0.05) is 6.92 Å². The summed E-state index contributed by atoms with van der Waals surface area (Å²) in [6, 6.07) is 0. The molecule has 1 aromatic carbocycles. The molecular weight excluding hydrogens is 228 g/mol. The van der Waals surface area contributed by atoms with Gasteiger partial charge in [-0.15, -0.1) is 0 Å². The minimum absolute atomic E-state index is 0.174. The Morgan fingerprint density at radius 1 is 1.11 bits per heavy atom. The molecule has 1 atom stereocenters. The van der Waals surface area contributed by atoms with E-state index in [2.05, 4.69) is 13.8 Å². The molecule has 3 nitrogen and oxygen atoms in total. The van der Waals surface area contributed by atoms with Crippen molar-refractivity contribution < 1.29 is 14.6 Å². The topological polar surface area (TPSA) is 38.7 Å². The number of hydrogen-bond acceptors (Lipinski definition) is 3. The van der Waals surface area contributed by atoms with Crippen molar-refractivity contribution in [1.29, 1.82) is 0 Å². The molecule has 0 saturated heterocycles. The lowest BCUT2D eigenvalue weighted by molar-refractivity contribution is 0.257. The van der Waals surface area contributed by atoms with Gasteiger partial charge in [0.15, 0.2) is 0 Å². The fraction of sp³-hybridized carbons (Fsp3) is 0.600. The Hall–Kier alpha value is -1.22. The second-order valence-electron chi connectivity index (χ2n) is 5.14. The quantitative estimate of drug-likeness (QED) is 0.892. The Kier molecular flexibility index (Phi) is 2.94. The molecule has 2 aliphatic rings. The fourth-order valence-corrected chi connectivity index (χ4v) is 3.23. The summed E-state index contributed by atoms with van der Waals surface area (Å²) in [5, 5.41) is 9.61. The van der Waals surface area contributed by atoms with E-state index in [-0.39, 0.29) is 12.5 Å². The van der Waals surface area contributed by atoms with Gasteiger partial charge in [0.25, 0.3) is 0 Å². The van der Waals surface area contributed by atoms with Crippen LogP contribution in [0.5, 0.6) is 11.5 Å². The van der Waals surface area contributed by atoms with Gasteiger partial charge < -0.3 is 14.6 Å². The van der Waals surface area contributed by atoms with E-state index in [9.17, 15) is 5.11 Å². The Morgan fingerprint density at radius 2 is 1.78 bits per heavy atom. The van der Waals surface area contributed by atoms with Crippen molar-refractivity contribution in [2.24, 2.45) is 0 Å². The zero-order valence-electron chi connectivity index (χ0n) is 11.1. The van der Waals surface area contributed by atoms with Crippen LogP contribution in [0.3, 0.4) is 0 Å². The predicted octanol–water partition coefficient (Wildman–Crippen LogP) is 2.35. The Bertz CT molecular complexity index is 440. The van der Waals surface area contributed by atoms with Crippen LogP contribution in [-0.4, -0.2) is 24.9 Å². The van der Waals surface area contributed by atoms with Crippen LogP contribution in [0.15, 0.2) is 0 Å². The monoisotopic (exact) mass is 248 g/mol. The van der Waals surface area contributed by atoms with Gasteiger partial charge in [0, 0.05) is 35.4 Å². The minimum Gasteiger partial charge on any atom is -0.493 e. The Balaban J connectivity index is 2.24. The smallest absolute Gasteiger partial charge is 0.126 e. The first-order valence-corrected chi connectivity index (χ1v) is 6.82. The number of benzene rings is 1. The molecule has 0 radical (unpaired) electrons. The summed E-state index contributed by atoms with van der Waals surface area (Å²) in [4.78, 5) is 0. The van der Waals surface area contributed by atoms with Crippen molar-refractivity contribution in [1.82, 2.24) is 0 Å². The molecule has 0 spiro atoms. The third-order valence-corrected chi connectivity index (χ3v) is 4.23. The van der Waals surface area contributed by atoms with Gasteiger partial charge in [-0.3, -0.25) is 0 Å². The summed E-state index contributed by atoms with van der Waals surface area (Å²) >= 11 is 0. The van der Waals surface area contributed by atoms with Crippen molar-refractivity contribution in [3.63, 3.8) is 0 Å². The summed E-state index contributed by atoms with van der Waals surface area (Å²) in [6.07, 6.45) is 2.84. The number of fused-ring (bicyclic) bond motifs is 2. The maximum Gasteiger partial charge on any atom is 0.126 e. The van der Waals surface area contributed by atoms with Gasteiger partial charge in [0.05, 0.1) is 19.8 Å². The van der Waals surface area contributed by atoms with Gasteiger partial charge in [-0.05, 0) is 18.9 Å². The lowest BCUT2D eigenvalue weighted by atomic mass is 9.86. The van der Waals surface area contributed by atoms with Gasteiger partial charge in [-0.25, -0.2) is 0 Å². The highest BCUT2D eigenvalue weighted by molar-refractivity contribution is 5.62. The summed E-state index contributed by atoms with van der Waals surface area (Å²) in [7, 11) is 0. The molecule has 1 aromatic rings. The average molecular weight is 248 g/mol. The molecular formula is C15H20O3. The van der Waals surface area contributed by atoms with Crippen LogP contribution >= 0.6 is 0 Å². The molecule has 3 rings (SSSR count). The van der Waals surface area contributed by atoms with E-state index in [4.69, 9.17) is 9.47 Å². The Morgan fingerprint density at radius 3 is 2.44 bits per heavy atom. The third-order valence-electron chi connectivity index (χ3n) is 4.23. The largest absolute Gasteiger partial charge is 0.493 e. The highest BCUT2D eigenvalue weighted by Gasteiger charge is 2.32. The van der Waals surface area contributed by atoms with E-state index < -0.39 is 0 Å². The first-order valence-electron chi connectivity index (χ1n) is 6.82. The van der Waals surface area contributed by atoms with Crippen LogP contribution in [0.25, 0.3) is 0 Å². The van der Waals surface area contributed by atoms with Crippen LogP contribution in [0.2, 0.25) is 0 Å². The van der Waals surface area contributed by atoms with Crippen LogP contribution in [-0.2, 0) is 12.8 Å². The third kappa shape index (κ3) is 1.53. The van der Waals surface area contributed by atoms with Crippen LogP contribution < -0.4 is 9.47 Å². The molecule has 2 heterocycles. The van der Waals surface area contributed by atoms with E-state index in [1.165, 1.54) is 22.3 Å². The zero-order valence-corrected chi connectivity index (χ0v) is 11.1. The van der Waals surface area contributed by atoms with Gasteiger partial charge in [0.2, 0.25) is 0 Å². The van der Waals surface area contributed by atoms with Crippen molar-refractivity contribution >= 4 is 0 Å². The first-order chi connectivity index (χ1) is 8.77. The van der Waals surface area contributed by atoms with Crippen molar-refractivity contribution in [3.05, 3.63) is 22.3 Å². The van der Waals surface area contributed by atoms with Crippen LogP contribution in [0.1, 0.15) is 41.5 Å². The summed E-state index contributed by atoms with van der Waals surface area (Å²) in [5.74, 6) is 2.27. The molecule has 1 unspecified atom stereocenters. The molecule has 0 amide bonds. The zero-order chi connectivity index (χ0) is 12.7. The lowest BCUT2D eigenvalue weighted by Crippen LogP contribution is -2.08. The van der Waals surface area contributed by atoms with E-state index in [1.54, 1.807) is 0 Å². The number of aliphatic hydroxyl groups is 1. The maximum absolute atomic E-state index is 9.61. The van der Waals surface area contributed by atoms with Crippen LogP contribution in [0.4, 0.5) is 0 Å². The molecule has 0 aromatic heterocycles. The molecule has 2 aliphatic heterocycles. The van der Waals surface area contributed by atoms with Crippen molar-refractivity contribution in [3.8, 4) is 11.5 Å². The number of rotatable bonds is 3. The first kappa shape index (κ1) is 11.8. The van der Waals surface area contributed by atoms with Crippen LogP contribution in [0, 0.1) is 6.92 Å². The molecule has 3 heteroatoms. The second-order valence-corrected chi connectivity index (χ2v) is 5.14. The molecule has 1 N–H and O–H groups in total. The molecule has 0 aliphatic carbocycles. The lowest BCUT2D eigenvalue weighted by Gasteiger charge is -2.21.